The third kappa shape index (κ3) is 3.77. The Balaban J connectivity index is 1.45. The van der Waals surface area contributed by atoms with Crippen molar-refractivity contribution in [3.8, 4) is 28.1 Å². The van der Waals surface area contributed by atoms with E-state index in [2.05, 4.69) is 4.98 Å². The van der Waals surface area contributed by atoms with E-state index in [0.717, 1.165) is 22.4 Å². The summed E-state index contributed by atoms with van der Waals surface area (Å²) < 4.78 is 38.0. The van der Waals surface area contributed by atoms with Crippen LogP contribution in [0.4, 0.5) is 8.78 Å². The first-order chi connectivity index (χ1) is 16.9. The summed E-state index contributed by atoms with van der Waals surface area (Å²) in [5, 5.41) is 11.5. The molecule has 0 amide bonds. The summed E-state index contributed by atoms with van der Waals surface area (Å²) in [4.78, 5) is 9.34. The molecule has 2 aromatic carbocycles. The lowest BCUT2D eigenvalue weighted by molar-refractivity contribution is 0.0204. The SMILES string of the molecule is Cc1nc2cc(-c3ncc(-c4ccc(F)cc4OCC4CC(O)C4)c4c(F)csc34)ccc2n1C. The highest BCUT2D eigenvalue weighted by atomic mass is 32.1. The third-order valence-corrected chi connectivity index (χ3v) is 7.81. The molecule has 0 spiro atoms. The van der Waals surface area contributed by atoms with Crippen molar-refractivity contribution in [3.63, 3.8) is 0 Å². The lowest BCUT2D eigenvalue weighted by atomic mass is 9.83. The van der Waals surface area contributed by atoms with Gasteiger partial charge < -0.3 is 14.4 Å². The normalized spacial score (nSPS) is 17.7. The van der Waals surface area contributed by atoms with Gasteiger partial charge in [0, 0.05) is 46.8 Å². The number of benzene rings is 2. The maximum Gasteiger partial charge on any atom is 0.142 e. The quantitative estimate of drug-likeness (QED) is 0.316. The van der Waals surface area contributed by atoms with Crippen LogP contribution < -0.4 is 4.74 Å². The Morgan fingerprint density at radius 3 is 2.77 bits per heavy atom. The molecule has 178 valence electrons. The fraction of sp³-hybridized carbons (Fsp3) is 0.259. The first-order valence-corrected chi connectivity index (χ1v) is 12.4. The number of imidazole rings is 1. The molecule has 8 heteroatoms. The van der Waals surface area contributed by atoms with Gasteiger partial charge in [0.1, 0.15) is 23.2 Å². The van der Waals surface area contributed by atoms with Gasteiger partial charge in [-0.15, -0.1) is 11.3 Å². The van der Waals surface area contributed by atoms with Gasteiger partial charge in [0.2, 0.25) is 0 Å². The van der Waals surface area contributed by atoms with Crippen LogP contribution in [-0.2, 0) is 7.05 Å². The standard InChI is InChI=1S/C27H23F2N3O2S/c1-14-31-22-9-16(3-6-23(22)32(14)2)26-27-25(21(29)13-35-27)20(11-30-26)19-5-4-17(28)10-24(19)34-12-15-7-18(33)8-15/h3-6,9-11,13,15,18,33H,7-8,12H2,1-2H3. The molecule has 0 atom stereocenters. The maximum atomic E-state index is 15.2. The fourth-order valence-electron chi connectivity index (χ4n) is 4.77. The largest absolute Gasteiger partial charge is 0.493 e. The summed E-state index contributed by atoms with van der Waals surface area (Å²) in [6.07, 6.45) is 2.68. The molecule has 6 rings (SSSR count). The van der Waals surface area contributed by atoms with Crippen LogP contribution in [0, 0.1) is 24.5 Å². The van der Waals surface area contributed by atoms with Crippen molar-refractivity contribution in [2.75, 3.05) is 6.61 Å². The van der Waals surface area contributed by atoms with Crippen LogP contribution in [-0.4, -0.2) is 32.4 Å². The van der Waals surface area contributed by atoms with E-state index in [-0.39, 0.29) is 17.8 Å². The number of aliphatic hydroxyl groups excluding tert-OH is 1. The molecule has 1 aliphatic carbocycles. The smallest absolute Gasteiger partial charge is 0.142 e. The molecule has 1 fully saturated rings. The number of fused-ring (bicyclic) bond motifs is 2. The third-order valence-electron chi connectivity index (χ3n) is 6.85. The van der Waals surface area contributed by atoms with Gasteiger partial charge in [-0.1, -0.05) is 6.07 Å². The molecule has 3 heterocycles. The van der Waals surface area contributed by atoms with E-state index >= 15 is 4.39 Å². The minimum absolute atomic E-state index is 0.227. The predicted molar refractivity (Wildman–Crippen MR) is 134 cm³/mol. The zero-order chi connectivity index (χ0) is 24.3. The maximum absolute atomic E-state index is 15.2. The molecule has 5 nitrogen and oxygen atoms in total. The van der Waals surface area contributed by atoms with Crippen LogP contribution >= 0.6 is 11.3 Å². The Morgan fingerprint density at radius 1 is 1.14 bits per heavy atom. The highest BCUT2D eigenvalue weighted by molar-refractivity contribution is 7.17. The molecule has 0 radical (unpaired) electrons. The van der Waals surface area contributed by atoms with Crippen molar-refractivity contribution in [1.82, 2.24) is 14.5 Å². The Bertz CT molecular complexity index is 1590. The summed E-state index contributed by atoms with van der Waals surface area (Å²) in [5.74, 6) is 0.703. The number of halogens is 2. The fourth-order valence-corrected chi connectivity index (χ4v) is 5.72. The van der Waals surface area contributed by atoms with E-state index in [0.29, 0.717) is 52.1 Å². The molecule has 3 aromatic heterocycles. The van der Waals surface area contributed by atoms with Crippen LogP contribution in [0.15, 0.2) is 48.0 Å². The Kier molecular flexibility index (Phi) is 5.30. The van der Waals surface area contributed by atoms with E-state index < -0.39 is 5.82 Å². The van der Waals surface area contributed by atoms with E-state index in [1.165, 1.54) is 28.8 Å². The second-order valence-corrected chi connectivity index (χ2v) is 10.1. The highest BCUT2D eigenvalue weighted by Gasteiger charge is 2.28. The van der Waals surface area contributed by atoms with Crippen LogP contribution in [0.2, 0.25) is 0 Å². The zero-order valence-corrected chi connectivity index (χ0v) is 20.1. The number of aryl methyl sites for hydroxylation is 2. The molecule has 0 saturated heterocycles. The van der Waals surface area contributed by atoms with Crippen molar-refractivity contribution in [1.29, 1.82) is 0 Å². The Morgan fingerprint density at radius 2 is 1.97 bits per heavy atom. The number of pyridine rings is 1. The lowest BCUT2D eigenvalue weighted by Gasteiger charge is -2.31. The van der Waals surface area contributed by atoms with E-state index in [4.69, 9.17) is 9.72 Å². The zero-order valence-electron chi connectivity index (χ0n) is 19.3. The first-order valence-electron chi connectivity index (χ1n) is 11.5. The molecule has 1 saturated carbocycles. The van der Waals surface area contributed by atoms with Gasteiger partial charge >= 0.3 is 0 Å². The number of thiophene rings is 1. The van der Waals surface area contributed by atoms with Gasteiger partial charge in [0.25, 0.3) is 0 Å². The van der Waals surface area contributed by atoms with Gasteiger partial charge in [-0.2, -0.15) is 0 Å². The average Bonchev–Trinajstić information content (AvgIpc) is 3.35. The van der Waals surface area contributed by atoms with Gasteiger partial charge in [-0.3, -0.25) is 4.98 Å². The second-order valence-electron chi connectivity index (χ2n) is 9.17. The van der Waals surface area contributed by atoms with Crippen LogP contribution in [0.1, 0.15) is 18.7 Å². The molecule has 1 aliphatic rings. The van der Waals surface area contributed by atoms with E-state index in [9.17, 15) is 9.50 Å². The molecular formula is C27H23F2N3O2S. The first kappa shape index (κ1) is 22.1. The summed E-state index contributed by atoms with van der Waals surface area (Å²) in [6.45, 7) is 2.33. The highest BCUT2D eigenvalue weighted by Crippen LogP contribution is 2.42. The summed E-state index contributed by atoms with van der Waals surface area (Å²) in [5.41, 5.74) is 4.55. The number of aliphatic hydroxyl groups is 1. The number of aromatic nitrogens is 3. The van der Waals surface area contributed by atoms with Crippen molar-refractivity contribution >= 4 is 32.5 Å². The second kappa shape index (κ2) is 8.39. The molecule has 35 heavy (non-hydrogen) atoms. The topological polar surface area (TPSA) is 60.2 Å². The number of nitrogens with zero attached hydrogens (tertiary/aromatic N) is 3. The van der Waals surface area contributed by atoms with Gasteiger partial charge in [-0.25, -0.2) is 13.8 Å². The predicted octanol–water partition coefficient (Wildman–Crippen LogP) is 6.25. The van der Waals surface area contributed by atoms with Crippen LogP contribution in [0.3, 0.4) is 0 Å². The van der Waals surface area contributed by atoms with Crippen LogP contribution in [0.25, 0.3) is 43.5 Å². The minimum atomic E-state index is -0.428. The Labute approximate surface area is 204 Å². The molecule has 1 N–H and O–H groups in total. The number of hydrogen-bond donors (Lipinski definition) is 1. The summed E-state index contributed by atoms with van der Waals surface area (Å²) >= 11 is 1.29. The van der Waals surface area contributed by atoms with Gasteiger partial charge in [0.05, 0.1) is 34.1 Å². The van der Waals surface area contributed by atoms with Crippen molar-refractivity contribution in [2.24, 2.45) is 13.0 Å². The van der Waals surface area contributed by atoms with Crippen molar-refractivity contribution < 1.29 is 18.6 Å². The van der Waals surface area contributed by atoms with Gasteiger partial charge in [-0.05, 0) is 49.9 Å². The van der Waals surface area contributed by atoms with Gasteiger partial charge in [0.15, 0.2) is 0 Å². The van der Waals surface area contributed by atoms with E-state index in [1.807, 2.05) is 36.7 Å². The Hall–Kier alpha value is -3.36. The van der Waals surface area contributed by atoms with Crippen molar-refractivity contribution in [2.45, 2.75) is 25.9 Å². The molecule has 0 unspecified atom stereocenters. The average molecular weight is 492 g/mol. The van der Waals surface area contributed by atoms with Crippen LogP contribution in [0.5, 0.6) is 5.75 Å². The molecule has 0 bridgehead atoms. The molecule has 0 aliphatic heterocycles. The van der Waals surface area contributed by atoms with Crippen molar-refractivity contribution in [3.05, 3.63) is 65.4 Å². The number of hydrogen-bond acceptors (Lipinski definition) is 5. The lowest BCUT2D eigenvalue weighted by Crippen LogP contribution is -2.32. The van der Waals surface area contributed by atoms with E-state index in [1.54, 1.807) is 12.3 Å². The summed E-state index contributed by atoms with van der Waals surface area (Å²) in [6, 6.07) is 10.2. The summed E-state index contributed by atoms with van der Waals surface area (Å²) in [7, 11) is 1.97. The molecule has 5 aromatic rings. The monoisotopic (exact) mass is 491 g/mol. The number of ether oxygens (including phenoxy) is 1. The number of rotatable bonds is 5. The molecular weight excluding hydrogens is 468 g/mol. The minimum Gasteiger partial charge on any atom is -0.493 e.